The van der Waals surface area contributed by atoms with E-state index in [0.29, 0.717) is 29.4 Å². The van der Waals surface area contributed by atoms with Gasteiger partial charge in [-0.15, -0.1) is 10.2 Å². The number of aryl methyl sites for hydroxylation is 2. The smallest absolute Gasteiger partial charge is 0.264 e. The molecular weight excluding hydrogens is 482 g/mol. The fourth-order valence-corrected chi connectivity index (χ4v) is 4.51. The van der Waals surface area contributed by atoms with Crippen LogP contribution in [0.4, 0.5) is 0 Å². The maximum absolute atomic E-state index is 13.8. The fraction of sp³-hybridized carbons (Fsp3) is 0.333. The highest BCUT2D eigenvalue weighted by molar-refractivity contribution is 6.03. The number of aromatic nitrogens is 9. The molecular formula is C27H29N9O2. The Morgan fingerprint density at radius 2 is 1.84 bits per heavy atom. The molecule has 11 heteroatoms. The van der Waals surface area contributed by atoms with Crippen LogP contribution >= 0.6 is 0 Å². The number of tetrazole rings is 1. The van der Waals surface area contributed by atoms with Crippen molar-refractivity contribution in [1.29, 1.82) is 0 Å². The number of H-pyrrole nitrogens is 1. The second-order valence-electron chi connectivity index (χ2n) is 9.03. The summed E-state index contributed by atoms with van der Waals surface area (Å²) >= 11 is 0. The summed E-state index contributed by atoms with van der Waals surface area (Å²) in [6.45, 7) is 3.93. The van der Waals surface area contributed by atoms with Crippen molar-refractivity contribution >= 4 is 11.1 Å². The van der Waals surface area contributed by atoms with Crippen molar-refractivity contribution in [3.8, 4) is 11.7 Å². The van der Waals surface area contributed by atoms with Crippen molar-refractivity contribution in [2.45, 2.75) is 52.4 Å². The largest absolute Gasteiger partial charge is 0.494 e. The van der Waals surface area contributed by atoms with Gasteiger partial charge < -0.3 is 4.74 Å². The first-order valence-electron chi connectivity index (χ1n) is 12.7. The lowest BCUT2D eigenvalue weighted by Crippen LogP contribution is -2.29. The molecule has 0 saturated heterocycles. The second-order valence-corrected chi connectivity index (χ2v) is 9.03. The Kier molecular flexibility index (Phi) is 7.43. The number of unbranched alkanes of at least 4 members (excludes halogenated alkanes) is 1. The van der Waals surface area contributed by atoms with Gasteiger partial charge in [0.15, 0.2) is 5.75 Å². The van der Waals surface area contributed by atoms with Gasteiger partial charge in [-0.1, -0.05) is 31.6 Å². The molecule has 0 bridgehead atoms. The van der Waals surface area contributed by atoms with Gasteiger partial charge in [0.1, 0.15) is 5.82 Å². The minimum atomic E-state index is -0.171. The molecule has 0 saturated carbocycles. The molecule has 0 atom stereocenters. The quantitative estimate of drug-likeness (QED) is 0.358. The molecule has 0 aromatic carbocycles. The summed E-state index contributed by atoms with van der Waals surface area (Å²) < 4.78 is 6.62. The van der Waals surface area contributed by atoms with Crippen molar-refractivity contribution in [2.75, 3.05) is 7.11 Å². The number of aromatic amines is 1. The predicted octanol–water partition coefficient (Wildman–Crippen LogP) is 3.44. The number of hydrogen-bond acceptors (Lipinski definition) is 9. The molecule has 0 aliphatic heterocycles. The minimum Gasteiger partial charge on any atom is -0.494 e. The van der Waals surface area contributed by atoms with Crippen LogP contribution in [0, 0.1) is 6.92 Å². The summed E-state index contributed by atoms with van der Waals surface area (Å²) in [6.07, 6.45) is 14.1. The maximum Gasteiger partial charge on any atom is 0.264 e. The number of rotatable bonds is 9. The fourth-order valence-electron chi connectivity index (χ4n) is 4.51. The van der Waals surface area contributed by atoms with Gasteiger partial charge in [-0.2, -0.15) is 5.21 Å². The molecule has 194 valence electrons. The van der Waals surface area contributed by atoms with Crippen LogP contribution in [-0.2, 0) is 12.8 Å². The van der Waals surface area contributed by atoms with Gasteiger partial charge >= 0.3 is 0 Å². The molecule has 0 radical (unpaired) electrons. The van der Waals surface area contributed by atoms with Crippen LogP contribution in [0.2, 0.25) is 0 Å². The maximum atomic E-state index is 13.8. The van der Waals surface area contributed by atoms with Crippen LogP contribution < -0.4 is 10.3 Å². The number of hydrogen-bond donors (Lipinski definition) is 1. The van der Waals surface area contributed by atoms with Crippen LogP contribution in [0.5, 0.6) is 5.75 Å². The molecule has 11 nitrogen and oxygen atoms in total. The molecule has 0 spiro atoms. The van der Waals surface area contributed by atoms with Crippen LogP contribution in [0.25, 0.3) is 17.1 Å². The van der Waals surface area contributed by atoms with Crippen molar-refractivity contribution < 1.29 is 4.74 Å². The molecule has 0 fully saturated rings. The lowest BCUT2D eigenvalue weighted by molar-refractivity contribution is 0.410. The number of pyridine rings is 1. The Balaban J connectivity index is 1.48. The van der Waals surface area contributed by atoms with Gasteiger partial charge in [0.2, 0.25) is 11.8 Å². The van der Waals surface area contributed by atoms with Gasteiger partial charge in [0.25, 0.3) is 5.56 Å². The lowest BCUT2D eigenvalue weighted by Gasteiger charge is -2.15. The summed E-state index contributed by atoms with van der Waals surface area (Å²) in [6, 6.07) is 3.97. The topological polar surface area (TPSA) is 137 Å². The van der Waals surface area contributed by atoms with Crippen molar-refractivity contribution in [3.63, 3.8) is 0 Å². The monoisotopic (exact) mass is 511 g/mol. The average Bonchev–Trinajstić information content (AvgIpc) is 3.49. The lowest BCUT2D eigenvalue weighted by atomic mass is 9.94. The Morgan fingerprint density at radius 3 is 2.50 bits per heavy atom. The Morgan fingerprint density at radius 1 is 1.05 bits per heavy atom. The third kappa shape index (κ3) is 5.13. The summed E-state index contributed by atoms with van der Waals surface area (Å²) in [5, 5.41) is 14.5. The Bertz CT molecular complexity index is 1520. The highest BCUT2D eigenvalue weighted by Gasteiger charge is 2.20. The van der Waals surface area contributed by atoms with Gasteiger partial charge in [0.05, 0.1) is 30.9 Å². The van der Waals surface area contributed by atoms with E-state index in [2.05, 4.69) is 49.7 Å². The standard InChI is InChI=1S/C27H29N9O2/c1-4-5-10-24-22(26(37)36(17(2)31-24)27-29-15-19(38-3)16-30-27)13-18-11-12-23(28-14-18)20-8-6-7-9-21(20)25-32-34-35-33-25/h8-9,11-12,14-16H,4-7,10,13H2,1-3H3,(H,32,33,34,35). The molecule has 1 N–H and O–H groups in total. The zero-order valence-electron chi connectivity index (χ0n) is 21.7. The van der Waals surface area contributed by atoms with E-state index < -0.39 is 0 Å². The molecule has 5 rings (SSSR count). The van der Waals surface area contributed by atoms with E-state index in [-0.39, 0.29) is 11.5 Å². The first-order valence-corrected chi connectivity index (χ1v) is 12.7. The van der Waals surface area contributed by atoms with Crippen LogP contribution in [0.3, 0.4) is 0 Å². The van der Waals surface area contributed by atoms with E-state index in [1.165, 1.54) is 4.57 Å². The first-order chi connectivity index (χ1) is 18.6. The van der Waals surface area contributed by atoms with E-state index >= 15 is 0 Å². The van der Waals surface area contributed by atoms with E-state index in [1.54, 1.807) is 26.4 Å². The molecule has 4 heterocycles. The van der Waals surface area contributed by atoms with Gasteiger partial charge in [-0.25, -0.2) is 19.5 Å². The number of allylic oxidation sites excluding steroid dienone is 4. The van der Waals surface area contributed by atoms with Crippen LogP contribution in [0.1, 0.15) is 66.8 Å². The van der Waals surface area contributed by atoms with Crippen molar-refractivity contribution in [2.24, 2.45) is 0 Å². The van der Waals surface area contributed by atoms with E-state index in [1.807, 2.05) is 18.3 Å². The molecule has 0 unspecified atom stereocenters. The highest BCUT2D eigenvalue weighted by atomic mass is 16.5. The van der Waals surface area contributed by atoms with Crippen molar-refractivity contribution in [3.05, 3.63) is 87.4 Å². The first kappa shape index (κ1) is 25.1. The molecule has 4 aromatic heterocycles. The number of nitrogens with zero attached hydrogens (tertiary/aromatic N) is 8. The minimum absolute atomic E-state index is 0.171. The third-order valence-corrected chi connectivity index (χ3v) is 6.47. The van der Waals surface area contributed by atoms with Crippen molar-refractivity contribution in [1.82, 2.24) is 45.1 Å². The summed E-state index contributed by atoms with van der Waals surface area (Å²) in [5.74, 6) is 1.88. The zero-order valence-corrected chi connectivity index (χ0v) is 21.7. The normalized spacial score (nSPS) is 13.2. The summed E-state index contributed by atoms with van der Waals surface area (Å²) in [5.41, 5.74) is 4.89. The highest BCUT2D eigenvalue weighted by Crippen LogP contribution is 2.32. The van der Waals surface area contributed by atoms with E-state index in [0.717, 1.165) is 60.2 Å². The molecule has 1 aliphatic rings. The predicted molar refractivity (Wildman–Crippen MR) is 142 cm³/mol. The Labute approximate surface area is 219 Å². The van der Waals surface area contributed by atoms with E-state index in [4.69, 9.17) is 14.7 Å². The molecule has 0 amide bonds. The average molecular weight is 512 g/mol. The molecule has 38 heavy (non-hydrogen) atoms. The molecule has 1 aliphatic carbocycles. The Hall–Kier alpha value is -4.54. The number of ether oxygens (including phenoxy) is 1. The van der Waals surface area contributed by atoms with E-state index in [9.17, 15) is 4.79 Å². The molecule has 4 aromatic rings. The van der Waals surface area contributed by atoms with Gasteiger partial charge in [-0.05, 0) is 49.5 Å². The number of methoxy groups -OCH3 is 1. The summed E-state index contributed by atoms with van der Waals surface area (Å²) in [4.78, 5) is 32.0. The van der Waals surface area contributed by atoms with Gasteiger partial charge in [0, 0.05) is 29.3 Å². The second kappa shape index (κ2) is 11.2. The zero-order chi connectivity index (χ0) is 26.5. The number of nitrogens with one attached hydrogen (secondary N) is 1. The summed E-state index contributed by atoms with van der Waals surface area (Å²) in [7, 11) is 1.55. The van der Waals surface area contributed by atoms with Gasteiger partial charge in [-0.3, -0.25) is 9.78 Å². The third-order valence-electron chi connectivity index (χ3n) is 6.47. The van der Waals surface area contributed by atoms with Crippen LogP contribution in [0.15, 0.2) is 47.7 Å². The van der Waals surface area contributed by atoms with Crippen LogP contribution in [-0.4, -0.2) is 52.2 Å². The SMILES string of the molecule is CCCCc1nc(C)n(-c2ncc(OC)cn2)c(=O)c1Cc1ccc(C2=CCCC=C2c2nn[nH]n2)nc1.